The molecule has 1 saturated heterocycles. The van der Waals surface area contributed by atoms with Crippen molar-refractivity contribution in [1.29, 1.82) is 0 Å². The van der Waals surface area contributed by atoms with E-state index < -0.39 is 0 Å². The van der Waals surface area contributed by atoms with Crippen LogP contribution in [0.2, 0.25) is 5.02 Å². The van der Waals surface area contributed by atoms with Crippen molar-refractivity contribution in [2.75, 3.05) is 13.1 Å². The summed E-state index contributed by atoms with van der Waals surface area (Å²) in [7, 11) is 0. The Morgan fingerprint density at radius 3 is 2.78 bits per heavy atom. The van der Waals surface area contributed by atoms with Gasteiger partial charge in [-0.15, -0.1) is 0 Å². The number of nitrogens with zero attached hydrogens (tertiary/aromatic N) is 3. The molecule has 0 atom stereocenters. The second-order valence-corrected chi connectivity index (χ2v) is 6.35. The molecular weight excluding hydrogens is 314 g/mol. The zero-order valence-corrected chi connectivity index (χ0v) is 13.8. The molecule has 23 heavy (non-hydrogen) atoms. The van der Waals surface area contributed by atoms with Gasteiger partial charge in [-0.2, -0.15) is 4.98 Å². The molecule has 6 heteroatoms. The number of benzene rings is 1. The van der Waals surface area contributed by atoms with E-state index in [2.05, 4.69) is 10.1 Å². The van der Waals surface area contributed by atoms with Crippen molar-refractivity contribution < 1.29 is 9.32 Å². The van der Waals surface area contributed by atoms with Crippen LogP contribution >= 0.6 is 11.6 Å². The molecule has 1 aromatic carbocycles. The van der Waals surface area contributed by atoms with Crippen molar-refractivity contribution >= 4 is 23.6 Å². The molecule has 0 N–H and O–H groups in total. The van der Waals surface area contributed by atoms with Crippen LogP contribution in [0, 0.1) is 0 Å². The Balaban J connectivity index is 1.56. The van der Waals surface area contributed by atoms with Crippen molar-refractivity contribution in [3.05, 3.63) is 52.6 Å². The molecule has 0 unspecified atom stereocenters. The first-order chi connectivity index (χ1) is 11.0. The van der Waals surface area contributed by atoms with Gasteiger partial charge < -0.3 is 9.42 Å². The van der Waals surface area contributed by atoms with E-state index in [9.17, 15) is 4.79 Å². The summed E-state index contributed by atoms with van der Waals surface area (Å²) < 4.78 is 5.27. The van der Waals surface area contributed by atoms with E-state index >= 15 is 0 Å². The molecule has 1 fully saturated rings. The first-order valence-electron chi connectivity index (χ1n) is 7.59. The summed E-state index contributed by atoms with van der Waals surface area (Å²) in [6.07, 6.45) is 3.28. The van der Waals surface area contributed by atoms with Crippen molar-refractivity contribution in [3.63, 3.8) is 0 Å². The van der Waals surface area contributed by atoms with Crippen LogP contribution < -0.4 is 0 Å². The van der Waals surface area contributed by atoms with Gasteiger partial charge in [0.15, 0.2) is 5.82 Å². The molecule has 1 aliphatic heterocycles. The Morgan fingerprint density at radius 2 is 2.13 bits per heavy atom. The van der Waals surface area contributed by atoms with Gasteiger partial charge in [0.1, 0.15) is 0 Å². The van der Waals surface area contributed by atoms with Crippen LogP contribution in [0.5, 0.6) is 0 Å². The number of carbonyl (C=O) groups is 1. The number of carbonyl (C=O) groups excluding carboxylic acids is 1. The van der Waals surface area contributed by atoms with Gasteiger partial charge in [0.05, 0.1) is 5.92 Å². The van der Waals surface area contributed by atoms with Crippen LogP contribution in [-0.4, -0.2) is 34.0 Å². The second-order valence-electron chi connectivity index (χ2n) is 5.94. The normalized spacial score (nSPS) is 15.4. The molecule has 2 aromatic rings. The standard InChI is InChI=1S/C17H18ClN3O2/c1-11(2)16-19-17(23-20-16)13-9-21(10-13)15(22)8-7-12-5-3-4-6-14(12)18/h3-8,11,13H,9-10H2,1-2H3/b8-7+. The lowest BCUT2D eigenvalue weighted by Crippen LogP contribution is -2.47. The minimum atomic E-state index is -0.0373. The Morgan fingerprint density at radius 1 is 1.39 bits per heavy atom. The molecule has 0 radical (unpaired) electrons. The molecular formula is C17H18ClN3O2. The van der Waals surface area contributed by atoms with Gasteiger partial charge in [0.2, 0.25) is 11.8 Å². The zero-order chi connectivity index (χ0) is 16.4. The zero-order valence-electron chi connectivity index (χ0n) is 13.1. The largest absolute Gasteiger partial charge is 0.339 e. The van der Waals surface area contributed by atoms with Gasteiger partial charge >= 0.3 is 0 Å². The molecule has 5 nitrogen and oxygen atoms in total. The van der Waals surface area contributed by atoms with Gasteiger partial charge in [-0.1, -0.05) is 48.8 Å². The first kappa shape index (κ1) is 15.7. The van der Waals surface area contributed by atoms with E-state index in [1.54, 1.807) is 23.1 Å². The summed E-state index contributed by atoms with van der Waals surface area (Å²) in [6, 6.07) is 7.42. The lowest BCUT2D eigenvalue weighted by atomic mass is 10.00. The van der Waals surface area contributed by atoms with Crippen molar-refractivity contribution in [2.45, 2.75) is 25.7 Å². The van der Waals surface area contributed by atoms with Crippen LogP contribution in [0.3, 0.4) is 0 Å². The van der Waals surface area contributed by atoms with Crippen molar-refractivity contribution in [2.24, 2.45) is 0 Å². The van der Waals surface area contributed by atoms with Gasteiger partial charge in [-0.05, 0) is 17.7 Å². The van der Waals surface area contributed by atoms with Crippen LogP contribution in [-0.2, 0) is 4.79 Å². The minimum Gasteiger partial charge on any atom is -0.339 e. The highest BCUT2D eigenvalue weighted by atomic mass is 35.5. The summed E-state index contributed by atoms with van der Waals surface area (Å²) in [4.78, 5) is 18.3. The number of aromatic nitrogens is 2. The van der Waals surface area contributed by atoms with Crippen molar-refractivity contribution in [3.8, 4) is 0 Å². The van der Waals surface area contributed by atoms with Gasteiger partial charge in [0, 0.05) is 30.1 Å². The first-order valence-corrected chi connectivity index (χ1v) is 7.97. The molecule has 2 heterocycles. The number of rotatable bonds is 4. The van der Waals surface area contributed by atoms with E-state index in [0.717, 1.165) is 5.56 Å². The third kappa shape index (κ3) is 3.45. The summed E-state index contributed by atoms with van der Waals surface area (Å²) in [5.41, 5.74) is 0.832. The summed E-state index contributed by atoms with van der Waals surface area (Å²) in [6.45, 7) is 5.24. The number of likely N-dealkylation sites (tertiary alicyclic amines) is 1. The Hall–Kier alpha value is -2.14. The maximum Gasteiger partial charge on any atom is 0.246 e. The lowest BCUT2D eigenvalue weighted by Gasteiger charge is -2.36. The topological polar surface area (TPSA) is 59.2 Å². The van der Waals surface area contributed by atoms with E-state index in [1.807, 2.05) is 32.0 Å². The molecule has 1 amide bonds. The fraction of sp³-hybridized carbons (Fsp3) is 0.353. The van der Waals surface area contributed by atoms with Crippen LogP contribution in [0.4, 0.5) is 0 Å². The average Bonchev–Trinajstić information content (AvgIpc) is 2.94. The predicted molar refractivity (Wildman–Crippen MR) is 88.2 cm³/mol. The van der Waals surface area contributed by atoms with Crippen LogP contribution in [0.25, 0.3) is 6.08 Å². The smallest absolute Gasteiger partial charge is 0.246 e. The fourth-order valence-electron chi connectivity index (χ4n) is 2.34. The Bertz CT molecular complexity index is 733. The summed E-state index contributed by atoms with van der Waals surface area (Å²) in [5, 5.41) is 4.59. The molecule has 0 bridgehead atoms. The number of halogens is 1. The molecule has 0 aliphatic carbocycles. The molecule has 1 aliphatic rings. The monoisotopic (exact) mass is 331 g/mol. The van der Waals surface area contributed by atoms with Crippen LogP contribution in [0.15, 0.2) is 34.9 Å². The molecule has 0 saturated carbocycles. The van der Waals surface area contributed by atoms with E-state index in [1.165, 1.54) is 0 Å². The highest BCUT2D eigenvalue weighted by molar-refractivity contribution is 6.32. The number of amides is 1. The summed E-state index contributed by atoms with van der Waals surface area (Å²) >= 11 is 6.06. The lowest BCUT2D eigenvalue weighted by molar-refractivity contribution is -0.130. The Kier molecular flexibility index (Phi) is 4.48. The van der Waals surface area contributed by atoms with Gasteiger partial charge in [-0.3, -0.25) is 4.79 Å². The maximum absolute atomic E-state index is 12.1. The van der Waals surface area contributed by atoms with E-state index in [0.29, 0.717) is 29.8 Å². The summed E-state index contributed by atoms with van der Waals surface area (Å²) in [5.74, 6) is 1.66. The van der Waals surface area contributed by atoms with Crippen LogP contribution in [0.1, 0.15) is 43.0 Å². The Labute approximate surface area is 139 Å². The molecule has 0 spiro atoms. The number of hydrogen-bond acceptors (Lipinski definition) is 4. The highest BCUT2D eigenvalue weighted by Crippen LogP contribution is 2.27. The van der Waals surface area contributed by atoms with Gasteiger partial charge in [-0.25, -0.2) is 0 Å². The van der Waals surface area contributed by atoms with Gasteiger partial charge in [0.25, 0.3) is 0 Å². The third-order valence-electron chi connectivity index (χ3n) is 3.83. The average molecular weight is 332 g/mol. The second kappa shape index (κ2) is 6.54. The predicted octanol–water partition coefficient (Wildman–Crippen LogP) is 3.49. The van der Waals surface area contributed by atoms with E-state index in [-0.39, 0.29) is 17.7 Å². The molecule has 3 rings (SSSR count). The quantitative estimate of drug-likeness (QED) is 0.805. The maximum atomic E-state index is 12.1. The van der Waals surface area contributed by atoms with Crippen molar-refractivity contribution in [1.82, 2.24) is 15.0 Å². The number of hydrogen-bond donors (Lipinski definition) is 0. The SMILES string of the molecule is CC(C)c1noc(C2CN(C(=O)/C=C/c3ccccc3Cl)C2)n1. The van der Waals surface area contributed by atoms with E-state index in [4.69, 9.17) is 16.1 Å². The minimum absolute atomic E-state index is 0.0373. The fourth-order valence-corrected chi connectivity index (χ4v) is 2.54. The molecule has 120 valence electrons. The third-order valence-corrected chi connectivity index (χ3v) is 4.17. The molecule has 1 aromatic heterocycles. The highest BCUT2D eigenvalue weighted by Gasteiger charge is 2.34.